The Morgan fingerprint density at radius 2 is 2.06 bits per heavy atom. The van der Waals surface area contributed by atoms with E-state index < -0.39 is 5.41 Å². The monoisotopic (exact) mass is 243 g/mol. The fraction of sp³-hybridized carbons (Fsp3) is 0.286. The lowest BCUT2D eigenvalue weighted by molar-refractivity contribution is -0.125. The lowest BCUT2D eigenvalue weighted by atomic mass is 9.84. The van der Waals surface area contributed by atoms with Crippen LogP contribution >= 0.6 is 0 Å². The average Bonchev–Trinajstić information content (AvgIpc) is 2.90. The maximum absolute atomic E-state index is 12.2. The van der Waals surface area contributed by atoms with Crippen molar-refractivity contribution in [2.24, 2.45) is 0 Å². The van der Waals surface area contributed by atoms with Crippen molar-refractivity contribution < 1.29 is 4.79 Å². The predicted octanol–water partition coefficient (Wildman–Crippen LogP) is 2.00. The summed E-state index contributed by atoms with van der Waals surface area (Å²) in [5.41, 5.74) is 1.44. The largest absolute Gasteiger partial charge is 0.351 e. The molecule has 1 aromatic carbocycles. The van der Waals surface area contributed by atoms with Gasteiger partial charge in [0.2, 0.25) is 5.91 Å². The van der Waals surface area contributed by atoms with Crippen LogP contribution in [0, 0.1) is 0 Å². The molecule has 2 aromatic rings. The van der Waals surface area contributed by atoms with Crippen LogP contribution in [0.2, 0.25) is 0 Å². The van der Waals surface area contributed by atoms with Crippen LogP contribution in [-0.2, 0) is 16.8 Å². The van der Waals surface area contributed by atoms with Gasteiger partial charge in [0.15, 0.2) is 0 Å². The molecule has 2 N–H and O–H groups in total. The summed E-state index contributed by atoms with van der Waals surface area (Å²) in [4.78, 5) is 12.2. The van der Waals surface area contributed by atoms with Crippen molar-refractivity contribution in [3.63, 3.8) is 0 Å². The minimum Gasteiger partial charge on any atom is -0.351 e. The Labute approximate surface area is 106 Å². The van der Waals surface area contributed by atoms with Crippen LogP contribution in [0.4, 0.5) is 0 Å². The van der Waals surface area contributed by atoms with Gasteiger partial charge in [-0.15, -0.1) is 0 Å². The zero-order valence-electron chi connectivity index (χ0n) is 10.6. The molecule has 0 bridgehead atoms. The van der Waals surface area contributed by atoms with Crippen LogP contribution in [0.5, 0.6) is 0 Å². The molecule has 0 atom stereocenters. The number of H-pyrrole nitrogens is 1. The number of aromatic amines is 1. The number of hydrogen-bond acceptors (Lipinski definition) is 2. The molecule has 1 aromatic heterocycles. The van der Waals surface area contributed by atoms with Crippen LogP contribution in [0.3, 0.4) is 0 Å². The molecular formula is C14H17N3O. The summed E-state index contributed by atoms with van der Waals surface area (Å²) in [7, 11) is 0. The fourth-order valence-corrected chi connectivity index (χ4v) is 1.76. The molecule has 0 saturated heterocycles. The van der Waals surface area contributed by atoms with E-state index in [-0.39, 0.29) is 5.91 Å². The molecule has 4 nitrogen and oxygen atoms in total. The normalized spacial score (nSPS) is 11.2. The van der Waals surface area contributed by atoms with Crippen molar-refractivity contribution in [1.82, 2.24) is 15.5 Å². The summed E-state index contributed by atoms with van der Waals surface area (Å²) in [5.74, 6) is 0.00917. The Hall–Kier alpha value is -2.10. The molecular weight excluding hydrogens is 226 g/mol. The van der Waals surface area contributed by atoms with Crippen LogP contribution in [0.1, 0.15) is 25.0 Å². The molecule has 0 aliphatic carbocycles. The fourth-order valence-electron chi connectivity index (χ4n) is 1.76. The van der Waals surface area contributed by atoms with Gasteiger partial charge in [-0.2, -0.15) is 5.10 Å². The van der Waals surface area contributed by atoms with E-state index in [1.807, 2.05) is 44.2 Å². The van der Waals surface area contributed by atoms with Gasteiger partial charge < -0.3 is 5.32 Å². The van der Waals surface area contributed by atoms with Gasteiger partial charge in [0.25, 0.3) is 0 Å². The van der Waals surface area contributed by atoms with Gasteiger partial charge in [0.1, 0.15) is 0 Å². The van der Waals surface area contributed by atoms with E-state index in [9.17, 15) is 4.79 Å². The summed E-state index contributed by atoms with van der Waals surface area (Å²) in [5, 5.41) is 9.49. The third kappa shape index (κ3) is 2.59. The predicted molar refractivity (Wildman–Crippen MR) is 69.9 cm³/mol. The maximum atomic E-state index is 12.2. The SMILES string of the molecule is CC(C)(C(=O)NCc1cn[nH]c1)c1ccccc1. The molecule has 1 amide bonds. The molecule has 2 rings (SSSR count). The highest BCUT2D eigenvalue weighted by Gasteiger charge is 2.29. The first-order valence-corrected chi connectivity index (χ1v) is 5.92. The Balaban J connectivity index is 2.04. The number of nitrogens with zero attached hydrogens (tertiary/aromatic N) is 1. The summed E-state index contributed by atoms with van der Waals surface area (Å²) < 4.78 is 0. The van der Waals surface area contributed by atoms with Gasteiger partial charge in [-0.3, -0.25) is 9.89 Å². The molecule has 0 unspecified atom stereocenters. The van der Waals surface area contributed by atoms with Crippen LogP contribution in [-0.4, -0.2) is 16.1 Å². The smallest absolute Gasteiger partial charge is 0.230 e. The van der Waals surface area contributed by atoms with Crippen LogP contribution in [0.15, 0.2) is 42.7 Å². The number of carbonyl (C=O) groups is 1. The summed E-state index contributed by atoms with van der Waals surface area (Å²) in [6.07, 6.45) is 3.48. The summed E-state index contributed by atoms with van der Waals surface area (Å²) >= 11 is 0. The van der Waals surface area contributed by atoms with Gasteiger partial charge >= 0.3 is 0 Å². The summed E-state index contributed by atoms with van der Waals surface area (Å²) in [6, 6.07) is 9.78. The Morgan fingerprint density at radius 1 is 1.33 bits per heavy atom. The molecule has 0 fully saturated rings. The number of benzene rings is 1. The zero-order valence-corrected chi connectivity index (χ0v) is 10.6. The maximum Gasteiger partial charge on any atom is 0.230 e. The molecule has 4 heteroatoms. The molecule has 0 saturated carbocycles. The topological polar surface area (TPSA) is 57.8 Å². The second kappa shape index (κ2) is 5.04. The highest BCUT2D eigenvalue weighted by molar-refractivity contribution is 5.87. The number of amides is 1. The van der Waals surface area contributed by atoms with Crippen molar-refractivity contribution in [2.45, 2.75) is 25.8 Å². The Kier molecular flexibility index (Phi) is 3.46. The Morgan fingerprint density at radius 3 is 2.67 bits per heavy atom. The molecule has 0 spiro atoms. The number of nitrogens with one attached hydrogen (secondary N) is 2. The lowest BCUT2D eigenvalue weighted by Crippen LogP contribution is -2.39. The zero-order chi connectivity index (χ0) is 13.0. The first kappa shape index (κ1) is 12.4. The van der Waals surface area contributed by atoms with E-state index >= 15 is 0 Å². The van der Waals surface area contributed by atoms with Crippen molar-refractivity contribution in [1.29, 1.82) is 0 Å². The first-order chi connectivity index (χ1) is 8.60. The van der Waals surface area contributed by atoms with Crippen molar-refractivity contribution in [3.05, 3.63) is 53.9 Å². The molecule has 94 valence electrons. The van der Waals surface area contributed by atoms with E-state index in [1.54, 1.807) is 12.4 Å². The third-order valence-corrected chi connectivity index (χ3v) is 3.07. The highest BCUT2D eigenvalue weighted by atomic mass is 16.2. The number of carbonyl (C=O) groups excluding carboxylic acids is 1. The minimum absolute atomic E-state index is 0.00917. The minimum atomic E-state index is -0.537. The lowest BCUT2D eigenvalue weighted by Gasteiger charge is -2.24. The van der Waals surface area contributed by atoms with Gasteiger partial charge in [-0.25, -0.2) is 0 Å². The van der Waals surface area contributed by atoms with E-state index in [0.717, 1.165) is 11.1 Å². The highest BCUT2D eigenvalue weighted by Crippen LogP contribution is 2.22. The second-order valence-electron chi connectivity index (χ2n) is 4.78. The average molecular weight is 243 g/mol. The molecule has 1 heterocycles. The third-order valence-electron chi connectivity index (χ3n) is 3.07. The van der Waals surface area contributed by atoms with E-state index in [2.05, 4.69) is 15.5 Å². The number of rotatable bonds is 4. The van der Waals surface area contributed by atoms with Gasteiger partial charge in [0, 0.05) is 18.3 Å². The van der Waals surface area contributed by atoms with Crippen molar-refractivity contribution in [2.75, 3.05) is 0 Å². The quantitative estimate of drug-likeness (QED) is 0.863. The number of aromatic nitrogens is 2. The van der Waals surface area contributed by atoms with E-state index in [4.69, 9.17) is 0 Å². The van der Waals surface area contributed by atoms with E-state index in [1.165, 1.54) is 0 Å². The van der Waals surface area contributed by atoms with Gasteiger partial charge in [-0.05, 0) is 19.4 Å². The van der Waals surface area contributed by atoms with Gasteiger partial charge in [0.05, 0.1) is 11.6 Å². The van der Waals surface area contributed by atoms with Crippen LogP contribution < -0.4 is 5.32 Å². The van der Waals surface area contributed by atoms with Crippen molar-refractivity contribution >= 4 is 5.91 Å². The standard InChI is InChI=1S/C14H17N3O/c1-14(2,12-6-4-3-5-7-12)13(18)15-8-11-9-16-17-10-11/h3-7,9-10H,8H2,1-2H3,(H,15,18)(H,16,17). The molecule has 0 aliphatic heterocycles. The van der Waals surface area contributed by atoms with Crippen LogP contribution in [0.25, 0.3) is 0 Å². The second-order valence-corrected chi connectivity index (χ2v) is 4.78. The van der Waals surface area contributed by atoms with Gasteiger partial charge in [-0.1, -0.05) is 30.3 Å². The Bertz CT molecular complexity index is 503. The van der Waals surface area contributed by atoms with Crippen molar-refractivity contribution in [3.8, 4) is 0 Å². The molecule has 0 radical (unpaired) electrons. The number of hydrogen-bond donors (Lipinski definition) is 2. The summed E-state index contributed by atoms with van der Waals surface area (Å²) in [6.45, 7) is 4.34. The molecule has 18 heavy (non-hydrogen) atoms. The molecule has 0 aliphatic rings. The van der Waals surface area contributed by atoms with E-state index in [0.29, 0.717) is 6.54 Å². The first-order valence-electron chi connectivity index (χ1n) is 5.92.